The minimum absolute atomic E-state index is 0.0274. The Morgan fingerprint density at radius 3 is 2.62 bits per heavy atom. The molecule has 24 heavy (non-hydrogen) atoms. The highest BCUT2D eigenvalue weighted by molar-refractivity contribution is 5.95. The summed E-state index contributed by atoms with van der Waals surface area (Å²) in [5.74, 6) is 1.39. The lowest BCUT2D eigenvalue weighted by molar-refractivity contribution is 0.101. The zero-order valence-corrected chi connectivity index (χ0v) is 14.0. The van der Waals surface area contributed by atoms with Gasteiger partial charge in [-0.25, -0.2) is 9.97 Å². The van der Waals surface area contributed by atoms with Gasteiger partial charge in [0.25, 0.3) is 0 Å². The van der Waals surface area contributed by atoms with E-state index in [0.717, 1.165) is 37.4 Å². The molecule has 6 nitrogen and oxygen atoms in total. The third kappa shape index (κ3) is 3.64. The predicted molar refractivity (Wildman–Crippen MR) is 96.9 cm³/mol. The summed E-state index contributed by atoms with van der Waals surface area (Å²) < 4.78 is 0. The maximum atomic E-state index is 11.5. The van der Waals surface area contributed by atoms with Crippen LogP contribution in [0.3, 0.4) is 0 Å². The lowest BCUT2D eigenvalue weighted by atomic mass is 10.1. The Labute approximate surface area is 142 Å². The summed E-state index contributed by atoms with van der Waals surface area (Å²) in [4.78, 5) is 22.4. The van der Waals surface area contributed by atoms with Crippen molar-refractivity contribution >= 4 is 28.8 Å². The molecule has 1 aromatic carbocycles. The Balaban J connectivity index is 1.85. The molecule has 6 heteroatoms. The molecule has 3 rings (SSSR count). The highest BCUT2D eigenvalue weighted by atomic mass is 16.1. The molecule has 0 unspecified atom stereocenters. The number of nitrogens with two attached hydrogens (primary N) is 1. The van der Waals surface area contributed by atoms with Crippen LogP contribution in [0, 0.1) is 0 Å². The number of aromatic nitrogens is 2. The Kier molecular flexibility index (Phi) is 4.93. The number of nitrogen functional groups attached to an aromatic ring is 1. The molecule has 0 aliphatic carbocycles. The van der Waals surface area contributed by atoms with Gasteiger partial charge in [-0.3, -0.25) is 4.79 Å². The third-order valence-electron chi connectivity index (χ3n) is 4.30. The number of carbonyl (C=O) groups excluding carboxylic acids is 1. The minimum Gasteiger partial charge on any atom is -0.393 e. The van der Waals surface area contributed by atoms with Crippen molar-refractivity contribution in [3.05, 3.63) is 36.2 Å². The minimum atomic E-state index is 0.0274. The van der Waals surface area contributed by atoms with E-state index in [1.165, 1.54) is 19.2 Å². The van der Waals surface area contributed by atoms with E-state index < -0.39 is 0 Å². The molecule has 1 aromatic heterocycles. The number of Topliss-reactive ketones (excluding diaryl/α,β-unsaturated/α-hetero) is 1. The molecule has 2 heterocycles. The number of carbonyl (C=O) groups is 1. The van der Waals surface area contributed by atoms with Crippen LogP contribution in [0.15, 0.2) is 30.6 Å². The van der Waals surface area contributed by atoms with Gasteiger partial charge in [0.15, 0.2) is 17.4 Å². The van der Waals surface area contributed by atoms with Crippen LogP contribution < -0.4 is 16.0 Å². The van der Waals surface area contributed by atoms with E-state index in [2.05, 4.69) is 20.2 Å². The van der Waals surface area contributed by atoms with Crippen molar-refractivity contribution in [3.63, 3.8) is 0 Å². The van der Waals surface area contributed by atoms with Crippen molar-refractivity contribution in [2.45, 2.75) is 32.6 Å². The zero-order chi connectivity index (χ0) is 16.9. The molecule has 2 aromatic rings. The van der Waals surface area contributed by atoms with Gasteiger partial charge in [-0.2, -0.15) is 0 Å². The molecule has 0 atom stereocenters. The van der Waals surface area contributed by atoms with Crippen LogP contribution in [0.4, 0.5) is 23.0 Å². The molecule has 3 N–H and O–H groups in total. The first kappa shape index (κ1) is 16.2. The van der Waals surface area contributed by atoms with Crippen LogP contribution in [0.25, 0.3) is 0 Å². The van der Waals surface area contributed by atoms with Gasteiger partial charge in [0.1, 0.15) is 12.0 Å². The van der Waals surface area contributed by atoms with Crippen molar-refractivity contribution in [1.82, 2.24) is 9.97 Å². The fourth-order valence-electron chi connectivity index (χ4n) is 2.97. The van der Waals surface area contributed by atoms with Crippen LogP contribution >= 0.6 is 0 Å². The first-order valence-corrected chi connectivity index (χ1v) is 8.38. The van der Waals surface area contributed by atoms with Gasteiger partial charge in [-0.15, -0.1) is 0 Å². The SMILES string of the molecule is CC(=O)c1cccc(Nc2ncnc(N3CCCCCC3)c2N)c1. The molecule has 0 saturated carbocycles. The van der Waals surface area contributed by atoms with E-state index in [1.54, 1.807) is 19.1 Å². The second-order valence-electron chi connectivity index (χ2n) is 6.12. The highest BCUT2D eigenvalue weighted by Gasteiger charge is 2.17. The molecule has 1 saturated heterocycles. The van der Waals surface area contributed by atoms with E-state index in [-0.39, 0.29) is 5.78 Å². The first-order chi connectivity index (χ1) is 11.6. The summed E-state index contributed by atoms with van der Waals surface area (Å²) in [6.45, 7) is 3.50. The number of benzene rings is 1. The van der Waals surface area contributed by atoms with Crippen molar-refractivity contribution in [3.8, 4) is 0 Å². The molecule has 1 aliphatic rings. The second kappa shape index (κ2) is 7.29. The predicted octanol–water partition coefficient (Wildman–Crippen LogP) is 3.39. The summed E-state index contributed by atoms with van der Waals surface area (Å²) in [5, 5.41) is 3.21. The third-order valence-corrected chi connectivity index (χ3v) is 4.30. The maximum Gasteiger partial charge on any atom is 0.159 e. The summed E-state index contributed by atoms with van der Waals surface area (Å²) in [6, 6.07) is 7.32. The van der Waals surface area contributed by atoms with Crippen LogP contribution in [-0.2, 0) is 0 Å². The Morgan fingerprint density at radius 2 is 1.92 bits per heavy atom. The fourth-order valence-corrected chi connectivity index (χ4v) is 2.97. The van der Waals surface area contributed by atoms with Crippen LogP contribution in [0.2, 0.25) is 0 Å². The van der Waals surface area contributed by atoms with Crippen molar-refractivity contribution in [1.29, 1.82) is 0 Å². The van der Waals surface area contributed by atoms with E-state index in [1.807, 2.05) is 12.1 Å². The van der Waals surface area contributed by atoms with E-state index >= 15 is 0 Å². The monoisotopic (exact) mass is 325 g/mol. The van der Waals surface area contributed by atoms with E-state index in [4.69, 9.17) is 5.73 Å². The lowest BCUT2D eigenvalue weighted by Gasteiger charge is -2.23. The van der Waals surface area contributed by atoms with E-state index in [9.17, 15) is 4.79 Å². The van der Waals surface area contributed by atoms with Crippen molar-refractivity contribution in [2.24, 2.45) is 0 Å². The Hall–Kier alpha value is -2.63. The average molecular weight is 325 g/mol. The smallest absolute Gasteiger partial charge is 0.159 e. The molecule has 0 amide bonds. The largest absolute Gasteiger partial charge is 0.393 e. The van der Waals surface area contributed by atoms with Gasteiger partial charge < -0.3 is 16.0 Å². The van der Waals surface area contributed by atoms with E-state index in [0.29, 0.717) is 17.1 Å². The number of hydrogen-bond acceptors (Lipinski definition) is 6. The lowest BCUT2D eigenvalue weighted by Crippen LogP contribution is -2.26. The number of hydrogen-bond donors (Lipinski definition) is 2. The van der Waals surface area contributed by atoms with Crippen LogP contribution in [0.5, 0.6) is 0 Å². The van der Waals surface area contributed by atoms with Crippen molar-refractivity contribution < 1.29 is 4.79 Å². The van der Waals surface area contributed by atoms with Gasteiger partial charge in [0.2, 0.25) is 0 Å². The summed E-state index contributed by atoms with van der Waals surface area (Å²) >= 11 is 0. The summed E-state index contributed by atoms with van der Waals surface area (Å²) in [7, 11) is 0. The molecular formula is C18H23N5O. The quantitative estimate of drug-likeness (QED) is 0.838. The van der Waals surface area contributed by atoms with Gasteiger partial charge in [-0.05, 0) is 31.9 Å². The molecule has 1 aliphatic heterocycles. The first-order valence-electron chi connectivity index (χ1n) is 8.38. The number of nitrogens with one attached hydrogen (secondary N) is 1. The fraction of sp³-hybridized carbons (Fsp3) is 0.389. The number of ketones is 1. The normalized spacial score (nSPS) is 15.0. The maximum absolute atomic E-state index is 11.5. The Bertz CT molecular complexity index is 723. The van der Waals surface area contributed by atoms with Gasteiger partial charge in [0.05, 0.1) is 0 Å². The molecular weight excluding hydrogens is 302 g/mol. The van der Waals surface area contributed by atoms with Gasteiger partial charge in [0, 0.05) is 24.3 Å². The van der Waals surface area contributed by atoms with Crippen LogP contribution in [-0.4, -0.2) is 28.8 Å². The number of nitrogens with zero attached hydrogens (tertiary/aromatic N) is 3. The molecule has 126 valence electrons. The Morgan fingerprint density at radius 1 is 1.17 bits per heavy atom. The number of rotatable bonds is 4. The van der Waals surface area contributed by atoms with Gasteiger partial charge >= 0.3 is 0 Å². The second-order valence-corrected chi connectivity index (χ2v) is 6.12. The number of anilines is 4. The molecule has 0 bridgehead atoms. The molecule has 0 radical (unpaired) electrons. The molecule has 1 fully saturated rings. The zero-order valence-electron chi connectivity index (χ0n) is 14.0. The van der Waals surface area contributed by atoms with Crippen LogP contribution in [0.1, 0.15) is 43.0 Å². The molecule has 0 spiro atoms. The standard InChI is InChI=1S/C18H23N5O/c1-13(24)14-7-6-8-15(11-14)22-17-16(19)18(21-12-20-17)23-9-4-2-3-5-10-23/h6-8,11-12H,2-5,9-10,19H2,1H3,(H,20,21,22). The average Bonchev–Trinajstić information content (AvgIpc) is 2.86. The summed E-state index contributed by atoms with van der Waals surface area (Å²) in [5.41, 5.74) is 8.30. The van der Waals surface area contributed by atoms with Gasteiger partial charge in [-0.1, -0.05) is 25.0 Å². The topological polar surface area (TPSA) is 84.1 Å². The summed E-state index contributed by atoms with van der Waals surface area (Å²) in [6.07, 6.45) is 6.36. The van der Waals surface area contributed by atoms with Crippen molar-refractivity contribution in [2.75, 3.05) is 29.0 Å². The highest BCUT2D eigenvalue weighted by Crippen LogP contribution is 2.30.